The molecule has 0 saturated heterocycles. The third-order valence-electron chi connectivity index (χ3n) is 4.76. The molecule has 0 saturated carbocycles. The van der Waals surface area contributed by atoms with Crippen molar-refractivity contribution >= 4 is 57.2 Å². The Morgan fingerprint density at radius 1 is 1.09 bits per heavy atom. The first kappa shape index (κ1) is 21.7. The number of halogens is 2. The van der Waals surface area contributed by atoms with Crippen LogP contribution in [0.2, 0.25) is 0 Å². The number of nitrogens with one attached hydrogen (secondary N) is 2. The number of para-hydroxylation sites is 1. The summed E-state index contributed by atoms with van der Waals surface area (Å²) in [5, 5.41) is 5.62. The zero-order valence-electron chi connectivity index (χ0n) is 16.9. The van der Waals surface area contributed by atoms with Crippen molar-refractivity contribution in [2.45, 2.75) is 13.8 Å². The lowest BCUT2D eigenvalue weighted by atomic mass is 10.2. The van der Waals surface area contributed by atoms with Crippen molar-refractivity contribution in [3.05, 3.63) is 81.2 Å². The summed E-state index contributed by atoms with van der Waals surface area (Å²) in [4.78, 5) is 43.9. The van der Waals surface area contributed by atoms with Crippen molar-refractivity contribution in [3.63, 3.8) is 0 Å². The van der Waals surface area contributed by atoms with Crippen LogP contribution < -0.4 is 15.5 Å². The summed E-state index contributed by atoms with van der Waals surface area (Å²) in [6, 6.07) is 11.7. The van der Waals surface area contributed by atoms with Gasteiger partial charge in [0.25, 0.3) is 17.7 Å². The zero-order chi connectivity index (χ0) is 23.0. The second-order valence-electron chi connectivity index (χ2n) is 6.91. The maximum atomic E-state index is 14.1. The predicted molar refractivity (Wildman–Crippen MR) is 121 cm³/mol. The number of thiazole rings is 1. The van der Waals surface area contributed by atoms with Gasteiger partial charge in [-0.1, -0.05) is 29.8 Å². The van der Waals surface area contributed by atoms with Crippen LogP contribution in [-0.2, 0) is 9.59 Å². The Hall–Kier alpha value is -3.56. The van der Waals surface area contributed by atoms with Crippen molar-refractivity contribution in [3.8, 4) is 0 Å². The van der Waals surface area contributed by atoms with E-state index >= 15 is 0 Å². The Morgan fingerprint density at radius 3 is 2.53 bits per heavy atom. The van der Waals surface area contributed by atoms with Crippen LogP contribution in [0.15, 0.2) is 59.3 Å². The van der Waals surface area contributed by atoms with Crippen LogP contribution in [0, 0.1) is 19.7 Å². The Bertz CT molecular complexity index is 1280. The predicted octanol–water partition coefficient (Wildman–Crippen LogP) is 4.59. The summed E-state index contributed by atoms with van der Waals surface area (Å²) in [6.07, 6.45) is 0. The molecule has 32 heavy (non-hydrogen) atoms. The van der Waals surface area contributed by atoms with Gasteiger partial charge in [-0.15, -0.1) is 11.3 Å². The number of hydrogen-bond acceptors (Lipinski definition) is 6. The van der Waals surface area contributed by atoms with Crippen LogP contribution in [-0.4, -0.2) is 22.7 Å². The zero-order valence-corrected chi connectivity index (χ0v) is 18.5. The minimum atomic E-state index is -0.840. The van der Waals surface area contributed by atoms with E-state index in [-0.39, 0.29) is 22.3 Å². The van der Waals surface area contributed by atoms with Gasteiger partial charge in [0.15, 0.2) is 5.13 Å². The molecular formula is C22H16ClFN4O3S. The molecule has 0 aliphatic carbocycles. The van der Waals surface area contributed by atoms with E-state index in [1.54, 1.807) is 18.2 Å². The third kappa shape index (κ3) is 4.00. The number of carbonyl (C=O) groups is 3. The second-order valence-corrected chi connectivity index (χ2v) is 8.49. The highest BCUT2D eigenvalue weighted by Gasteiger charge is 2.40. The van der Waals surface area contributed by atoms with Crippen LogP contribution in [0.1, 0.15) is 20.9 Å². The molecule has 2 aromatic carbocycles. The summed E-state index contributed by atoms with van der Waals surface area (Å²) in [6.45, 7) is 3.77. The lowest BCUT2D eigenvalue weighted by Gasteiger charge is -2.15. The van der Waals surface area contributed by atoms with Crippen LogP contribution in [0.4, 0.5) is 20.9 Å². The van der Waals surface area contributed by atoms with E-state index in [0.29, 0.717) is 21.3 Å². The van der Waals surface area contributed by atoms with Gasteiger partial charge < -0.3 is 5.32 Å². The molecule has 1 aliphatic heterocycles. The first-order valence-corrected chi connectivity index (χ1v) is 10.6. The van der Waals surface area contributed by atoms with E-state index in [2.05, 4.69) is 15.6 Å². The summed E-state index contributed by atoms with van der Waals surface area (Å²) >= 11 is 7.46. The van der Waals surface area contributed by atoms with Crippen LogP contribution in [0.25, 0.3) is 0 Å². The van der Waals surface area contributed by atoms with Gasteiger partial charge in [0.2, 0.25) is 0 Å². The quantitative estimate of drug-likeness (QED) is 0.532. The normalized spacial score (nSPS) is 13.7. The molecule has 4 rings (SSSR count). The first-order chi connectivity index (χ1) is 15.3. The van der Waals surface area contributed by atoms with Gasteiger partial charge in [0.05, 0.1) is 11.4 Å². The van der Waals surface area contributed by atoms with E-state index in [0.717, 1.165) is 16.6 Å². The van der Waals surface area contributed by atoms with E-state index < -0.39 is 17.6 Å². The minimum absolute atomic E-state index is 0.195. The van der Waals surface area contributed by atoms with E-state index in [1.165, 1.54) is 35.6 Å². The molecule has 10 heteroatoms. The fourth-order valence-electron chi connectivity index (χ4n) is 3.04. The summed E-state index contributed by atoms with van der Waals surface area (Å²) < 4.78 is 14.1. The van der Waals surface area contributed by atoms with E-state index in [1.807, 2.05) is 13.8 Å². The van der Waals surface area contributed by atoms with Gasteiger partial charge in [0.1, 0.15) is 16.5 Å². The molecule has 0 spiro atoms. The topological polar surface area (TPSA) is 91.4 Å². The van der Waals surface area contributed by atoms with Crippen molar-refractivity contribution < 1.29 is 18.8 Å². The van der Waals surface area contributed by atoms with Gasteiger partial charge in [-0.3, -0.25) is 19.7 Å². The van der Waals surface area contributed by atoms with E-state index in [9.17, 15) is 18.8 Å². The summed E-state index contributed by atoms with van der Waals surface area (Å²) in [5.41, 5.74) is 1.10. The number of aromatic nitrogens is 1. The Balaban J connectivity index is 1.55. The van der Waals surface area contributed by atoms with Crippen molar-refractivity contribution in [1.29, 1.82) is 0 Å². The highest BCUT2D eigenvalue weighted by atomic mass is 35.5. The van der Waals surface area contributed by atoms with Gasteiger partial charge >= 0.3 is 0 Å². The number of anilines is 3. The number of hydrogen-bond donors (Lipinski definition) is 2. The number of benzene rings is 2. The average Bonchev–Trinajstić information content (AvgIpc) is 3.19. The number of amides is 3. The molecule has 1 aliphatic rings. The number of rotatable bonds is 5. The van der Waals surface area contributed by atoms with Gasteiger partial charge in [-0.25, -0.2) is 14.3 Å². The Morgan fingerprint density at radius 2 is 1.84 bits per heavy atom. The molecule has 0 unspecified atom stereocenters. The second kappa shape index (κ2) is 8.52. The molecule has 162 valence electrons. The number of carbonyl (C=O) groups excluding carboxylic acids is 3. The minimum Gasteiger partial charge on any atom is -0.350 e. The molecule has 3 aromatic rings. The lowest BCUT2D eigenvalue weighted by Crippen LogP contribution is -2.33. The molecule has 0 atom stereocenters. The highest BCUT2D eigenvalue weighted by Crippen LogP contribution is 2.31. The molecule has 7 nitrogen and oxygen atoms in total. The average molecular weight is 471 g/mol. The van der Waals surface area contributed by atoms with Crippen LogP contribution >= 0.6 is 22.9 Å². The highest BCUT2D eigenvalue weighted by molar-refractivity contribution is 7.15. The fourth-order valence-corrected chi connectivity index (χ4v) is 4.06. The monoisotopic (exact) mass is 470 g/mol. The van der Waals surface area contributed by atoms with Crippen LogP contribution in [0.3, 0.4) is 0 Å². The molecule has 2 N–H and O–H groups in total. The summed E-state index contributed by atoms with van der Waals surface area (Å²) in [7, 11) is 0. The Kier molecular flexibility index (Phi) is 5.77. The number of imide groups is 1. The molecular weight excluding hydrogens is 455 g/mol. The smallest absolute Gasteiger partial charge is 0.283 e. The van der Waals surface area contributed by atoms with Gasteiger partial charge in [-0.2, -0.15) is 0 Å². The molecule has 2 heterocycles. The van der Waals surface area contributed by atoms with Gasteiger partial charge in [0, 0.05) is 16.1 Å². The Labute approximate surface area is 191 Å². The lowest BCUT2D eigenvalue weighted by molar-refractivity contribution is -0.120. The third-order valence-corrected chi connectivity index (χ3v) is 6.10. The maximum absolute atomic E-state index is 14.1. The molecule has 0 bridgehead atoms. The van der Waals surface area contributed by atoms with Crippen LogP contribution in [0.5, 0.6) is 0 Å². The maximum Gasteiger partial charge on any atom is 0.283 e. The first-order valence-electron chi connectivity index (χ1n) is 9.42. The summed E-state index contributed by atoms with van der Waals surface area (Å²) in [5.74, 6) is -2.75. The van der Waals surface area contributed by atoms with E-state index in [4.69, 9.17) is 11.6 Å². The molecule has 3 amide bonds. The molecule has 1 aromatic heterocycles. The van der Waals surface area contributed by atoms with Gasteiger partial charge in [-0.05, 0) is 44.2 Å². The van der Waals surface area contributed by atoms with Crippen molar-refractivity contribution in [2.75, 3.05) is 15.5 Å². The molecule has 0 radical (unpaired) electrons. The number of nitrogens with zero attached hydrogens (tertiary/aromatic N) is 2. The van der Waals surface area contributed by atoms with Crippen molar-refractivity contribution in [1.82, 2.24) is 4.98 Å². The number of aryl methyl sites for hydroxylation is 2. The fraction of sp³-hybridized carbons (Fsp3) is 0.0909. The van der Waals surface area contributed by atoms with Crippen molar-refractivity contribution in [2.24, 2.45) is 0 Å². The standard InChI is InChI=1S/C22H16ClFN4O3S/c1-11-12(2)32-22(25-11)27-19(29)13-6-5-7-14(10-13)26-18-17(23)20(30)28(21(18)31)16-9-4-3-8-15(16)24/h3-10,26H,1-2H3,(H,25,27,29). The SMILES string of the molecule is Cc1nc(NC(=O)c2cccc(NC3=C(Cl)C(=O)N(c4ccccc4F)C3=O)c2)sc1C. The molecule has 0 fully saturated rings. The largest absolute Gasteiger partial charge is 0.350 e.